The van der Waals surface area contributed by atoms with E-state index in [1.165, 1.54) is 11.1 Å². The molecular formula is C18H32IN3O. The molecule has 0 saturated carbocycles. The average Bonchev–Trinajstić information content (AvgIpc) is 2.48. The number of hydrogen-bond acceptors (Lipinski definition) is 2. The van der Waals surface area contributed by atoms with E-state index in [0.29, 0.717) is 6.54 Å². The molecule has 132 valence electrons. The first kappa shape index (κ1) is 22.2. The van der Waals surface area contributed by atoms with Gasteiger partial charge in [-0.05, 0) is 26.3 Å². The molecule has 5 heteroatoms. The molecule has 0 unspecified atom stereocenters. The van der Waals surface area contributed by atoms with Crippen LogP contribution in [0.1, 0.15) is 38.8 Å². The number of nitrogens with zero attached hydrogens (tertiary/aromatic N) is 1. The van der Waals surface area contributed by atoms with Crippen LogP contribution in [0.4, 0.5) is 0 Å². The second-order valence-corrected chi connectivity index (χ2v) is 6.99. The van der Waals surface area contributed by atoms with Gasteiger partial charge in [-0.2, -0.15) is 0 Å². The van der Waals surface area contributed by atoms with E-state index in [2.05, 4.69) is 60.7 Å². The van der Waals surface area contributed by atoms with Gasteiger partial charge in [0, 0.05) is 32.7 Å². The van der Waals surface area contributed by atoms with Gasteiger partial charge in [-0.25, -0.2) is 0 Å². The van der Waals surface area contributed by atoms with E-state index >= 15 is 0 Å². The number of methoxy groups -OCH3 is 1. The van der Waals surface area contributed by atoms with Crippen molar-refractivity contribution in [3.63, 3.8) is 0 Å². The molecule has 2 N–H and O–H groups in total. The normalized spacial score (nSPS) is 12.6. The molecular weight excluding hydrogens is 401 g/mol. The molecule has 0 radical (unpaired) electrons. The number of rotatable bonds is 6. The molecule has 0 aliphatic heterocycles. The lowest BCUT2D eigenvalue weighted by molar-refractivity contribution is 0.0268. The highest BCUT2D eigenvalue weighted by molar-refractivity contribution is 14.0. The van der Waals surface area contributed by atoms with Crippen LogP contribution in [0.25, 0.3) is 0 Å². The van der Waals surface area contributed by atoms with Crippen molar-refractivity contribution >= 4 is 29.9 Å². The molecule has 0 aliphatic rings. The number of guanidine groups is 1. The molecule has 0 aliphatic carbocycles. The largest absolute Gasteiger partial charge is 0.377 e. The van der Waals surface area contributed by atoms with Crippen molar-refractivity contribution in [2.24, 2.45) is 4.99 Å². The molecule has 1 aromatic carbocycles. The van der Waals surface area contributed by atoms with Gasteiger partial charge in [-0.1, -0.05) is 43.7 Å². The van der Waals surface area contributed by atoms with Crippen LogP contribution in [0.3, 0.4) is 0 Å². The van der Waals surface area contributed by atoms with Crippen molar-refractivity contribution < 1.29 is 4.74 Å². The van der Waals surface area contributed by atoms with Crippen LogP contribution in [0.5, 0.6) is 0 Å². The zero-order valence-corrected chi connectivity index (χ0v) is 17.8. The third-order valence-corrected chi connectivity index (χ3v) is 3.99. The van der Waals surface area contributed by atoms with Gasteiger partial charge in [0.15, 0.2) is 5.96 Å². The molecule has 0 amide bonds. The fourth-order valence-electron chi connectivity index (χ4n) is 2.00. The SMILES string of the molecule is CN=C(NCC(C)(C)OC)NCC(C)(C)c1ccc(C)cc1.I. The number of aliphatic imine (C=N–C) groups is 1. The summed E-state index contributed by atoms with van der Waals surface area (Å²) in [5.74, 6) is 0.797. The molecule has 0 saturated heterocycles. The second kappa shape index (κ2) is 9.47. The van der Waals surface area contributed by atoms with E-state index in [0.717, 1.165) is 12.5 Å². The van der Waals surface area contributed by atoms with Crippen molar-refractivity contribution in [2.75, 3.05) is 27.2 Å². The van der Waals surface area contributed by atoms with E-state index in [1.807, 2.05) is 13.8 Å². The van der Waals surface area contributed by atoms with E-state index in [1.54, 1.807) is 14.2 Å². The number of nitrogens with one attached hydrogen (secondary N) is 2. The van der Waals surface area contributed by atoms with Gasteiger partial charge in [0.05, 0.1) is 5.60 Å². The Morgan fingerprint density at radius 3 is 2.04 bits per heavy atom. The minimum absolute atomic E-state index is 0. The van der Waals surface area contributed by atoms with Crippen molar-refractivity contribution in [1.82, 2.24) is 10.6 Å². The monoisotopic (exact) mass is 433 g/mol. The Balaban J connectivity index is 0.00000484. The van der Waals surface area contributed by atoms with Crippen molar-refractivity contribution in [2.45, 2.75) is 45.6 Å². The maximum Gasteiger partial charge on any atom is 0.191 e. The number of ether oxygens (including phenoxy) is 1. The maximum atomic E-state index is 5.41. The third kappa shape index (κ3) is 7.52. The van der Waals surface area contributed by atoms with Crippen LogP contribution in [0, 0.1) is 6.92 Å². The predicted molar refractivity (Wildman–Crippen MR) is 110 cm³/mol. The molecule has 1 aromatic rings. The molecule has 0 fully saturated rings. The summed E-state index contributed by atoms with van der Waals surface area (Å²) in [5.41, 5.74) is 2.41. The minimum atomic E-state index is -0.218. The number of halogens is 1. The highest BCUT2D eigenvalue weighted by atomic mass is 127. The molecule has 23 heavy (non-hydrogen) atoms. The average molecular weight is 433 g/mol. The Labute approximate surface area is 158 Å². The van der Waals surface area contributed by atoms with E-state index in [4.69, 9.17) is 4.74 Å². The summed E-state index contributed by atoms with van der Waals surface area (Å²) < 4.78 is 5.41. The number of hydrogen-bond donors (Lipinski definition) is 2. The van der Waals surface area contributed by atoms with Crippen LogP contribution < -0.4 is 10.6 Å². The van der Waals surface area contributed by atoms with Crippen LogP contribution in [0.2, 0.25) is 0 Å². The number of benzene rings is 1. The van der Waals surface area contributed by atoms with Crippen LogP contribution in [0.15, 0.2) is 29.3 Å². The van der Waals surface area contributed by atoms with Gasteiger partial charge in [0.1, 0.15) is 0 Å². The standard InChI is InChI=1S/C18H31N3O.HI/c1-14-8-10-15(11-9-14)17(2,3)12-20-16(19-6)21-13-18(4,5)22-7;/h8-11H,12-13H2,1-7H3,(H2,19,20,21);1H. The molecule has 4 nitrogen and oxygen atoms in total. The number of aryl methyl sites for hydroxylation is 1. The van der Waals surface area contributed by atoms with Gasteiger partial charge < -0.3 is 15.4 Å². The highest BCUT2D eigenvalue weighted by Crippen LogP contribution is 2.22. The van der Waals surface area contributed by atoms with Gasteiger partial charge in [0.25, 0.3) is 0 Å². The van der Waals surface area contributed by atoms with Gasteiger partial charge in [0.2, 0.25) is 0 Å². The Bertz CT molecular complexity index is 495. The zero-order valence-electron chi connectivity index (χ0n) is 15.5. The lowest BCUT2D eigenvalue weighted by Gasteiger charge is -2.28. The maximum absolute atomic E-state index is 5.41. The molecule has 0 atom stereocenters. The molecule has 0 heterocycles. The van der Waals surface area contributed by atoms with E-state index < -0.39 is 0 Å². The van der Waals surface area contributed by atoms with E-state index in [9.17, 15) is 0 Å². The lowest BCUT2D eigenvalue weighted by Crippen LogP contribution is -2.48. The van der Waals surface area contributed by atoms with E-state index in [-0.39, 0.29) is 35.0 Å². The second-order valence-electron chi connectivity index (χ2n) is 6.99. The Kier molecular flexibility index (Phi) is 9.13. The van der Waals surface area contributed by atoms with Crippen molar-refractivity contribution in [3.8, 4) is 0 Å². The van der Waals surface area contributed by atoms with Crippen LogP contribution >= 0.6 is 24.0 Å². The molecule has 0 aromatic heterocycles. The smallest absolute Gasteiger partial charge is 0.191 e. The summed E-state index contributed by atoms with van der Waals surface area (Å²) >= 11 is 0. The quantitative estimate of drug-likeness (QED) is 0.410. The van der Waals surface area contributed by atoms with Crippen LogP contribution in [-0.4, -0.2) is 38.8 Å². The van der Waals surface area contributed by atoms with Gasteiger partial charge >= 0.3 is 0 Å². The summed E-state index contributed by atoms with van der Waals surface area (Å²) in [6.07, 6.45) is 0. The highest BCUT2D eigenvalue weighted by Gasteiger charge is 2.21. The predicted octanol–water partition coefficient (Wildman–Crippen LogP) is 3.48. The molecule has 1 rings (SSSR count). The summed E-state index contributed by atoms with van der Waals surface area (Å²) in [6, 6.07) is 8.71. The summed E-state index contributed by atoms with van der Waals surface area (Å²) in [5, 5.41) is 6.71. The minimum Gasteiger partial charge on any atom is -0.377 e. The van der Waals surface area contributed by atoms with Crippen molar-refractivity contribution in [3.05, 3.63) is 35.4 Å². The van der Waals surface area contributed by atoms with Crippen LogP contribution in [-0.2, 0) is 10.2 Å². The van der Waals surface area contributed by atoms with Gasteiger partial charge in [-0.3, -0.25) is 4.99 Å². The fourth-order valence-corrected chi connectivity index (χ4v) is 2.00. The Morgan fingerprint density at radius 1 is 1.04 bits per heavy atom. The lowest BCUT2D eigenvalue weighted by atomic mass is 9.84. The fraction of sp³-hybridized carbons (Fsp3) is 0.611. The van der Waals surface area contributed by atoms with Gasteiger partial charge in [-0.15, -0.1) is 24.0 Å². The Hall–Kier alpha value is -0.820. The first-order valence-corrected chi connectivity index (χ1v) is 7.77. The third-order valence-electron chi connectivity index (χ3n) is 3.99. The topological polar surface area (TPSA) is 45.7 Å². The summed E-state index contributed by atoms with van der Waals surface area (Å²) in [4.78, 5) is 4.28. The zero-order chi connectivity index (χ0) is 16.8. The van der Waals surface area contributed by atoms with Crippen molar-refractivity contribution in [1.29, 1.82) is 0 Å². The first-order chi connectivity index (χ1) is 10.2. The molecule has 0 spiro atoms. The first-order valence-electron chi connectivity index (χ1n) is 7.77. The summed E-state index contributed by atoms with van der Waals surface area (Å²) in [6.45, 7) is 12.2. The Morgan fingerprint density at radius 2 is 1.57 bits per heavy atom. The summed E-state index contributed by atoms with van der Waals surface area (Å²) in [7, 11) is 3.51. The molecule has 0 bridgehead atoms.